The molecular weight excluding hydrogens is 314 g/mol. The molecule has 0 radical (unpaired) electrons. The number of nitrogens with one attached hydrogen (secondary N) is 1. The highest BCUT2D eigenvalue weighted by Gasteiger charge is 2.08. The Morgan fingerprint density at radius 1 is 1.17 bits per heavy atom. The van der Waals surface area contributed by atoms with Gasteiger partial charge in [0.15, 0.2) is 0 Å². The molecule has 0 heterocycles. The Balaban J connectivity index is 1.77. The zero-order chi connectivity index (χ0) is 16.7. The molecular formula is C18H20ClNO3. The van der Waals surface area contributed by atoms with E-state index in [-0.39, 0.29) is 5.91 Å². The van der Waals surface area contributed by atoms with Crippen molar-refractivity contribution in [2.75, 3.05) is 19.0 Å². The van der Waals surface area contributed by atoms with Crippen LogP contribution < -0.4 is 14.8 Å². The van der Waals surface area contributed by atoms with Crippen molar-refractivity contribution in [3.8, 4) is 11.5 Å². The Bertz CT molecular complexity index is 656. The van der Waals surface area contributed by atoms with Crippen molar-refractivity contribution < 1.29 is 14.3 Å². The number of hydrogen-bond donors (Lipinski definition) is 1. The highest BCUT2D eigenvalue weighted by Crippen LogP contribution is 2.27. The SMILES string of the molecule is COc1ccc(Cl)cc1NC(=O)CCCOc1ccc(C)cc1. The maximum absolute atomic E-state index is 12.0. The lowest BCUT2D eigenvalue weighted by Crippen LogP contribution is -2.13. The minimum atomic E-state index is -0.0990. The van der Waals surface area contributed by atoms with Crippen LogP contribution in [0.15, 0.2) is 42.5 Å². The number of ether oxygens (including phenoxy) is 2. The first-order chi connectivity index (χ1) is 11.1. The van der Waals surface area contributed by atoms with Gasteiger partial charge in [-0.15, -0.1) is 0 Å². The molecule has 2 aromatic rings. The fraction of sp³-hybridized carbons (Fsp3) is 0.278. The average Bonchev–Trinajstić information content (AvgIpc) is 2.53. The maximum atomic E-state index is 12.0. The van der Waals surface area contributed by atoms with Gasteiger partial charge in [0.25, 0.3) is 0 Å². The van der Waals surface area contributed by atoms with E-state index in [1.165, 1.54) is 5.56 Å². The summed E-state index contributed by atoms with van der Waals surface area (Å²) < 4.78 is 10.8. The molecule has 0 bridgehead atoms. The Kier molecular flexibility index (Phi) is 6.29. The van der Waals surface area contributed by atoms with E-state index >= 15 is 0 Å². The van der Waals surface area contributed by atoms with Crippen LogP contribution in [-0.2, 0) is 4.79 Å². The second-order valence-corrected chi connectivity index (χ2v) is 5.59. The fourth-order valence-electron chi connectivity index (χ4n) is 2.05. The maximum Gasteiger partial charge on any atom is 0.224 e. The third-order valence-corrected chi connectivity index (χ3v) is 3.51. The number of benzene rings is 2. The average molecular weight is 334 g/mol. The minimum absolute atomic E-state index is 0.0990. The molecule has 0 spiro atoms. The molecule has 0 saturated heterocycles. The van der Waals surface area contributed by atoms with Crippen molar-refractivity contribution >= 4 is 23.2 Å². The van der Waals surface area contributed by atoms with Crippen LogP contribution in [-0.4, -0.2) is 19.6 Å². The Morgan fingerprint density at radius 2 is 1.91 bits per heavy atom. The normalized spacial score (nSPS) is 10.2. The molecule has 0 saturated carbocycles. The highest BCUT2D eigenvalue weighted by molar-refractivity contribution is 6.31. The minimum Gasteiger partial charge on any atom is -0.495 e. The van der Waals surface area contributed by atoms with E-state index in [0.29, 0.717) is 35.9 Å². The molecule has 0 aliphatic heterocycles. The van der Waals surface area contributed by atoms with Gasteiger partial charge < -0.3 is 14.8 Å². The fourth-order valence-corrected chi connectivity index (χ4v) is 2.22. The van der Waals surface area contributed by atoms with Crippen LogP contribution in [0.3, 0.4) is 0 Å². The van der Waals surface area contributed by atoms with Crippen molar-refractivity contribution in [3.63, 3.8) is 0 Å². The van der Waals surface area contributed by atoms with Crippen molar-refractivity contribution in [2.24, 2.45) is 0 Å². The van der Waals surface area contributed by atoms with Crippen molar-refractivity contribution in [1.82, 2.24) is 0 Å². The number of anilines is 1. The molecule has 5 heteroatoms. The third-order valence-electron chi connectivity index (χ3n) is 3.27. The smallest absolute Gasteiger partial charge is 0.224 e. The zero-order valence-corrected chi connectivity index (χ0v) is 14.0. The molecule has 0 fully saturated rings. The van der Waals surface area contributed by atoms with E-state index in [2.05, 4.69) is 5.32 Å². The van der Waals surface area contributed by atoms with Gasteiger partial charge in [0, 0.05) is 11.4 Å². The van der Waals surface area contributed by atoms with E-state index in [0.717, 1.165) is 5.75 Å². The molecule has 122 valence electrons. The second kappa shape index (κ2) is 8.44. The molecule has 2 aromatic carbocycles. The standard InChI is InChI=1S/C18H20ClNO3/c1-13-5-8-15(9-6-13)23-11-3-4-18(21)20-16-12-14(19)7-10-17(16)22-2/h5-10,12H,3-4,11H2,1-2H3,(H,20,21). The summed E-state index contributed by atoms with van der Waals surface area (Å²) in [6, 6.07) is 12.9. The number of halogens is 1. The van der Waals surface area contributed by atoms with Gasteiger partial charge in [-0.25, -0.2) is 0 Å². The first-order valence-electron chi connectivity index (χ1n) is 7.41. The van der Waals surface area contributed by atoms with Gasteiger partial charge in [-0.2, -0.15) is 0 Å². The van der Waals surface area contributed by atoms with Gasteiger partial charge >= 0.3 is 0 Å². The van der Waals surface area contributed by atoms with Crippen LogP contribution in [0.5, 0.6) is 11.5 Å². The quantitative estimate of drug-likeness (QED) is 0.761. The highest BCUT2D eigenvalue weighted by atomic mass is 35.5. The van der Waals surface area contributed by atoms with Gasteiger partial charge in [-0.1, -0.05) is 29.3 Å². The number of hydrogen-bond acceptors (Lipinski definition) is 3. The van der Waals surface area contributed by atoms with Crippen molar-refractivity contribution in [1.29, 1.82) is 0 Å². The predicted molar refractivity (Wildman–Crippen MR) is 92.5 cm³/mol. The number of rotatable bonds is 7. The molecule has 23 heavy (non-hydrogen) atoms. The summed E-state index contributed by atoms with van der Waals surface area (Å²) in [7, 11) is 1.55. The van der Waals surface area contributed by atoms with Gasteiger partial charge in [0.1, 0.15) is 11.5 Å². The van der Waals surface area contributed by atoms with Crippen LogP contribution in [0.1, 0.15) is 18.4 Å². The van der Waals surface area contributed by atoms with Crippen LogP contribution >= 0.6 is 11.6 Å². The summed E-state index contributed by atoms with van der Waals surface area (Å²) in [6.45, 7) is 2.52. The molecule has 1 amide bonds. The number of carbonyl (C=O) groups is 1. The molecule has 0 aromatic heterocycles. The van der Waals surface area contributed by atoms with E-state index in [1.807, 2.05) is 31.2 Å². The van der Waals surface area contributed by atoms with Gasteiger partial charge in [0.2, 0.25) is 5.91 Å². The molecule has 0 atom stereocenters. The van der Waals surface area contributed by atoms with Crippen LogP contribution in [0.2, 0.25) is 5.02 Å². The van der Waals surface area contributed by atoms with Crippen LogP contribution in [0.25, 0.3) is 0 Å². The van der Waals surface area contributed by atoms with E-state index < -0.39 is 0 Å². The van der Waals surface area contributed by atoms with E-state index in [1.54, 1.807) is 25.3 Å². The van der Waals surface area contributed by atoms with E-state index in [4.69, 9.17) is 21.1 Å². The Morgan fingerprint density at radius 3 is 2.61 bits per heavy atom. The summed E-state index contributed by atoms with van der Waals surface area (Å²) >= 11 is 5.94. The van der Waals surface area contributed by atoms with Gasteiger partial charge in [0.05, 0.1) is 19.4 Å². The summed E-state index contributed by atoms with van der Waals surface area (Å²) in [5.74, 6) is 1.30. The first-order valence-corrected chi connectivity index (χ1v) is 7.79. The molecule has 4 nitrogen and oxygen atoms in total. The summed E-state index contributed by atoms with van der Waals surface area (Å²) in [4.78, 5) is 12.0. The monoisotopic (exact) mass is 333 g/mol. The number of aryl methyl sites for hydroxylation is 1. The van der Waals surface area contributed by atoms with Crippen molar-refractivity contribution in [2.45, 2.75) is 19.8 Å². The largest absolute Gasteiger partial charge is 0.495 e. The summed E-state index contributed by atoms with van der Waals surface area (Å²) in [5, 5.41) is 3.35. The molecule has 0 aliphatic carbocycles. The zero-order valence-electron chi connectivity index (χ0n) is 13.3. The molecule has 2 rings (SSSR count). The van der Waals surface area contributed by atoms with Gasteiger partial charge in [-0.05, 0) is 43.7 Å². The van der Waals surface area contributed by atoms with E-state index in [9.17, 15) is 4.79 Å². The molecule has 0 unspecified atom stereocenters. The molecule has 1 N–H and O–H groups in total. The number of methoxy groups -OCH3 is 1. The van der Waals surface area contributed by atoms with Crippen LogP contribution in [0.4, 0.5) is 5.69 Å². The Labute approximate surface area is 141 Å². The summed E-state index contributed by atoms with van der Waals surface area (Å²) in [6.07, 6.45) is 0.990. The number of amides is 1. The lowest BCUT2D eigenvalue weighted by atomic mass is 10.2. The Hall–Kier alpha value is -2.20. The lowest BCUT2D eigenvalue weighted by molar-refractivity contribution is -0.116. The van der Waals surface area contributed by atoms with Crippen LogP contribution in [0, 0.1) is 6.92 Å². The first kappa shape index (κ1) is 17.2. The number of carbonyl (C=O) groups excluding carboxylic acids is 1. The summed E-state index contributed by atoms with van der Waals surface area (Å²) in [5.41, 5.74) is 1.76. The third kappa shape index (κ3) is 5.49. The lowest BCUT2D eigenvalue weighted by Gasteiger charge is -2.11. The predicted octanol–water partition coefficient (Wildman–Crippen LogP) is 4.45. The molecule has 0 aliphatic rings. The van der Waals surface area contributed by atoms with Crippen molar-refractivity contribution in [3.05, 3.63) is 53.1 Å². The second-order valence-electron chi connectivity index (χ2n) is 5.16. The van der Waals surface area contributed by atoms with Gasteiger partial charge in [-0.3, -0.25) is 4.79 Å². The topological polar surface area (TPSA) is 47.6 Å².